The van der Waals surface area contributed by atoms with Gasteiger partial charge in [0, 0.05) is 11.5 Å². The molecule has 14 heavy (non-hydrogen) atoms. The van der Waals surface area contributed by atoms with E-state index in [4.69, 9.17) is 0 Å². The Hall–Kier alpha value is -1.08. The van der Waals surface area contributed by atoms with Crippen molar-refractivity contribution in [2.45, 2.75) is 24.8 Å². The molecule has 1 fully saturated rings. The van der Waals surface area contributed by atoms with E-state index in [1.165, 1.54) is 17.5 Å². The lowest BCUT2D eigenvalue weighted by Crippen LogP contribution is -2.31. The zero-order valence-corrected chi connectivity index (χ0v) is 8.46. The van der Waals surface area contributed by atoms with Gasteiger partial charge in [-0.25, -0.2) is 0 Å². The molecule has 0 amide bonds. The third-order valence-corrected chi connectivity index (χ3v) is 3.44. The molecule has 0 aromatic heterocycles. The highest BCUT2D eigenvalue weighted by atomic mass is 15.0. The Morgan fingerprint density at radius 3 is 3.14 bits per heavy atom. The molecule has 3 rings (SSSR count). The summed E-state index contributed by atoms with van der Waals surface area (Å²) in [6, 6.07) is 8.74. The maximum atomic E-state index is 3.59. The molecule has 2 aliphatic carbocycles. The second-order valence-corrected chi connectivity index (χ2v) is 4.29. The van der Waals surface area contributed by atoms with Crippen molar-refractivity contribution in [3.05, 3.63) is 41.5 Å². The van der Waals surface area contributed by atoms with Crippen LogP contribution in [0.1, 0.15) is 30.4 Å². The van der Waals surface area contributed by atoms with Crippen molar-refractivity contribution < 1.29 is 0 Å². The molecule has 1 aromatic carbocycles. The van der Waals surface area contributed by atoms with Crippen LogP contribution in [0.25, 0.3) is 6.08 Å². The van der Waals surface area contributed by atoms with E-state index in [0.29, 0.717) is 5.54 Å². The summed E-state index contributed by atoms with van der Waals surface area (Å²) in [5.41, 5.74) is 3.24. The van der Waals surface area contributed by atoms with Crippen molar-refractivity contribution >= 4 is 6.08 Å². The molecule has 2 aliphatic rings. The van der Waals surface area contributed by atoms with Crippen LogP contribution in [0.4, 0.5) is 0 Å². The van der Waals surface area contributed by atoms with Gasteiger partial charge < -0.3 is 5.32 Å². The zero-order valence-electron chi connectivity index (χ0n) is 8.46. The molecule has 1 saturated carbocycles. The largest absolute Gasteiger partial charge is 0.308 e. The fourth-order valence-corrected chi connectivity index (χ4v) is 2.65. The van der Waals surface area contributed by atoms with E-state index in [-0.39, 0.29) is 0 Å². The van der Waals surface area contributed by atoms with Crippen LogP contribution in [0.5, 0.6) is 0 Å². The molecule has 2 atom stereocenters. The van der Waals surface area contributed by atoms with Crippen LogP contribution in [0.3, 0.4) is 0 Å². The van der Waals surface area contributed by atoms with Crippen LogP contribution in [0.15, 0.2) is 30.3 Å². The molecule has 0 aliphatic heterocycles. The predicted molar refractivity (Wildman–Crippen MR) is 59.2 cm³/mol. The van der Waals surface area contributed by atoms with Gasteiger partial charge in [0.1, 0.15) is 0 Å². The Kier molecular flexibility index (Phi) is 1.59. The van der Waals surface area contributed by atoms with Crippen LogP contribution in [0, 0.1) is 0 Å². The first-order chi connectivity index (χ1) is 6.86. The van der Waals surface area contributed by atoms with Gasteiger partial charge in [0.05, 0.1) is 0 Å². The van der Waals surface area contributed by atoms with Gasteiger partial charge in [-0.15, -0.1) is 0 Å². The number of benzene rings is 1. The standard InChI is InChI=1S/C13H15N/c1-2-14-13-8-7-10-5-3-4-6-11(10)12(13)9-13/h3-8,12,14H,2,9H2,1H3. The summed E-state index contributed by atoms with van der Waals surface area (Å²) in [6.07, 6.45) is 5.89. The molecule has 72 valence electrons. The maximum Gasteiger partial charge on any atom is 0.0444 e. The molecular formula is C13H15N. The SMILES string of the molecule is CCNC12C=Cc3ccccc3C1C2. The topological polar surface area (TPSA) is 12.0 Å². The van der Waals surface area contributed by atoms with Crippen molar-refractivity contribution in [3.63, 3.8) is 0 Å². The van der Waals surface area contributed by atoms with E-state index in [2.05, 4.69) is 48.7 Å². The van der Waals surface area contributed by atoms with Crippen molar-refractivity contribution in [2.24, 2.45) is 0 Å². The Bertz CT molecular complexity index is 394. The third kappa shape index (κ3) is 0.992. The number of fused-ring (bicyclic) bond motifs is 3. The minimum atomic E-state index is 0.309. The van der Waals surface area contributed by atoms with E-state index in [0.717, 1.165) is 12.5 Å². The Morgan fingerprint density at radius 2 is 2.29 bits per heavy atom. The summed E-state index contributed by atoms with van der Waals surface area (Å²) in [5, 5.41) is 3.59. The maximum absolute atomic E-state index is 3.59. The molecular weight excluding hydrogens is 170 g/mol. The summed E-state index contributed by atoms with van der Waals surface area (Å²) < 4.78 is 0. The van der Waals surface area contributed by atoms with Gasteiger partial charge in [-0.2, -0.15) is 0 Å². The lowest BCUT2D eigenvalue weighted by Gasteiger charge is -2.19. The highest BCUT2D eigenvalue weighted by Crippen LogP contribution is 2.55. The van der Waals surface area contributed by atoms with Crippen LogP contribution < -0.4 is 5.32 Å². The Morgan fingerprint density at radius 1 is 1.43 bits per heavy atom. The monoisotopic (exact) mass is 185 g/mol. The first-order valence-corrected chi connectivity index (χ1v) is 5.39. The van der Waals surface area contributed by atoms with Gasteiger partial charge in [-0.1, -0.05) is 43.3 Å². The van der Waals surface area contributed by atoms with E-state index in [1.54, 1.807) is 0 Å². The molecule has 1 N–H and O–H groups in total. The molecule has 1 heteroatoms. The average molecular weight is 185 g/mol. The number of hydrogen-bond acceptors (Lipinski definition) is 1. The molecule has 1 aromatic rings. The number of nitrogens with one attached hydrogen (secondary N) is 1. The normalized spacial score (nSPS) is 32.2. The van der Waals surface area contributed by atoms with Crippen molar-refractivity contribution in [1.82, 2.24) is 5.32 Å². The molecule has 1 nitrogen and oxygen atoms in total. The third-order valence-electron chi connectivity index (χ3n) is 3.44. The molecule has 0 spiro atoms. The first-order valence-electron chi connectivity index (χ1n) is 5.39. The van der Waals surface area contributed by atoms with Gasteiger partial charge in [-0.05, 0) is 24.1 Å². The fourth-order valence-electron chi connectivity index (χ4n) is 2.65. The smallest absolute Gasteiger partial charge is 0.0444 e. The van der Waals surface area contributed by atoms with Crippen molar-refractivity contribution in [3.8, 4) is 0 Å². The molecule has 0 radical (unpaired) electrons. The van der Waals surface area contributed by atoms with Crippen LogP contribution in [-0.4, -0.2) is 12.1 Å². The number of hydrogen-bond donors (Lipinski definition) is 1. The summed E-state index contributed by atoms with van der Waals surface area (Å²) >= 11 is 0. The number of likely N-dealkylation sites (N-methyl/N-ethyl adjacent to an activating group) is 1. The summed E-state index contributed by atoms with van der Waals surface area (Å²) in [7, 11) is 0. The summed E-state index contributed by atoms with van der Waals surface area (Å²) in [6.45, 7) is 3.24. The van der Waals surface area contributed by atoms with Gasteiger partial charge in [0.15, 0.2) is 0 Å². The van der Waals surface area contributed by atoms with Crippen LogP contribution >= 0.6 is 0 Å². The Labute approximate surface area is 84.8 Å². The lowest BCUT2D eigenvalue weighted by molar-refractivity contribution is 0.592. The highest BCUT2D eigenvalue weighted by molar-refractivity contribution is 5.65. The van der Waals surface area contributed by atoms with Crippen molar-refractivity contribution in [1.29, 1.82) is 0 Å². The van der Waals surface area contributed by atoms with Gasteiger partial charge in [-0.3, -0.25) is 0 Å². The average Bonchev–Trinajstić information content (AvgIpc) is 2.93. The minimum Gasteiger partial charge on any atom is -0.308 e. The molecule has 0 saturated heterocycles. The Balaban J connectivity index is 2.00. The zero-order chi connectivity index (χ0) is 9.60. The van der Waals surface area contributed by atoms with Gasteiger partial charge in [0.25, 0.3) is 0 Å². The van der Waals surface area contributed by atoms with Gasteiger partial charge in [0.2, 0.25) is 0 Å². The van der Waals surface area contributed by atoms with E-state index in [1.807, 2.05) is 0 Å². The van der Waals surface area contributed by atoms with E-state index in [9.17, 15) is 0 Å². The molecule has 0 bridgehead atoms. The molecule has 2 unspecified atom stereocenters. The van der Waals surface area contributed by atoms with E-state index >= 15 is 0 Å². The van der Waals surface area contributed by atoms with Crippen LogP contribution in [0.2, 0.25) is 0 Å². The van der Waals surface area contributed by atoms with Crippen LogP contribution in [-0.2, 0) is 0 Å². The number of rotatable bonds is 2. The molecule has 0 heterocycles. The second kappa shape index (κ2) is 2.71. The second-order valence-electron chi connectivity index (χ2n) is 4.29. The summed E-state index contributed by atoms with van der Waals surface area (Å²) in [5.74, 6) is 0.726. The predicted octanol–water partition coefficient (Wildman–Crippen LogP) is 2.55. The van der Waals surface area contributed by atoms with Gasteiger partial charge >= 0.3 is 0 Å². The lowest BCUT2D eigenvalue weighted by atomic mass is 9.94. The quantitative estimate of drug-likeness (QED) is 0.746. The van der Waals surface area contributed by atoms with E-state index < -0.39 is 0 Å². The van der Waals surface area contributed by atoms with Crippen molar-refractivity contribution in [2.75, 3.05) is 6.54 Å². The fraction of sp³-hybridized carbons (Fsp3) is 0.385. The first kappa shape index (κ1) is 8.25. The highest BCUT2D eigenvalue weighted by Gasteiger charge is 2.54. The summed E-state index contributed by atoms with van der Waals surface area (Å²) in [4.78, 5) is 0. The minimum absolute atomic E-state index is 0.309.